The Hall–Kier alpha value is -5.45. The molecule has 11 heteroatoms. The highest BCUT2D eigenvalue weighted by molar-refractivity contribution is 5.93. The minimum atomic E-state index is -1.11. The third kappa shape index (κ3) is 9.83. The molecular weight excluding hydrogens is 562 g/mol. The molecule has 0 saturated heterocycles. The molecule has 3 amide bonds. The summed E-state index contributed by atoms with van der Waals surface area (Å²) in [7, 11) is 1.25. The van der Waals surface area contributed by atoms with Crippen molar-refractivity contribution in [2.45, 2.75) is 44.0 Å². The Morgan fingerprint density at radius 1 is 0.682 bits per heavy atom. The quantitative estimate of drug-likeness (QED) is 0.163. The van der Waals surface area contributed by atoms with E-state index in [1.807, 2.05) is 91.0 Å². The van der Waals surface area contributed by atoms with E-state index in [-0.39, 0.29) is 25.9 Å². The van der Waals surface area contributed by atoms with Crippen LogP contribution < -0.4 is 16.0 Å². The average molecular weight is 598 g/mol. The standard InChI is InChI=1S/C33H35N5O6/c1-43-32(41)29(18-24-13-7-3-8-14-24)37-30(39)27(17-23-11-5-2-6-12-23)36-31(40)28(19-26-20-34-22-35-26)38-33(42)44-21-25-15-9-4-10-16-25/h2-16,20,22,27-29H,17-19,21H2,1H3,(H,34,35)(H,36,40)(H,37,39)(H,38,42)/t27-,28-,29+/m0/s1. The zero-order valence-corrected chi connectivity index (χ0v) is 24.3. The number of nitrogens with zero attached hydrogens (tertiary/aromatic N) is 1. The number of nitrogens with one attached hydrogen (secondary N) is 4. The monoisotopic (exact) mass is 597 g/mol. The second kappa shape index (κ2) is 16.3. The first-order valence-corrected chi connectivity index (χ1v) is 14.1. The van der Waals surface area contributed by atoms with Crippen LogP contribution in [0.4, 0.5) is 4.79 Å². The summed E-state index contributed by atoms with van der Waals surface area (Å²) >= 11 is 0. The van der Waals surface area contributed by atoms with Crippen LogP contribution in [0.15, 0.2) is 104 Å². The number of rotatable bonds is 14. The van der Waals surface area contributed by atoms with E-state index >= 15 is 0 Å². The van der Waals surface area contributed by atoms with Crippen molar-refractivity contribution in [3.8, 4) is 0 Å². The molecule has 44 heavy (non-hydrogen) atoms. The number of aromatic amines is 1. The molecule has 4 N–H and O–H groups in total. The summed E-state index contributed by atoms with van der Waals surface area (Å²) in [4.78, 5) is 59.6. The van der Waals surface area contributed by atoms with E-state index in [0.29, 0.717) is 5.69 Å². The number of carbonyl (C=O) groups excluding carboxylic acids is 4. The van der Waals surface area contributed by atoms with Gasteiger partial charge in [0.25, 0.3) is 0 Å². The van der Waals surface area contributed by atoms with Gasteiger partial charge in [0.2, 0.25) is 11.8 Å². The van der Waals surface area contributed by atoms with Crippen LogP contribution in [-0.2, 0) is 49.7 Å². The largest absolute Gasteiger partial charge is 0.467 e. The predicted octanol–water partition coefficient (Wildman–Crippen LogP) is 2.88. The van der Waals surface area contributed by atoms with Crippen LogP contribution in [0.2, 0.25) is 0 Å². The van der Waals surface area contributed by atoms with Crippen molar-refractivity contribution in [2.24, 2.45) is 0 Å². The van der Waals surface area contributed by atoms with Crippen LogP contribution in [0, 0.1) is 0 Å². The lowest BCUT2D eigenvalue weighted by molar-refractivity contribution is -0.145. The molecule has 0 aliphatic heterocycles. The Kier molecular flexibility index (Phi) is 11.6. The van der Waals surface area contributed by atoms with Crippen LogP contribution in [0.5, 0.6) is 0 Å². The molecule has 0 aliphatic rings. The van der Waals surface area contributed by atoms with E-state index in [2.05, 4.69) is 25.9 Å². The number of aromatic nitrogens is 2. The molecule has 3 atom stereocenters. The number of methoxy groups -OCH3 is 1. The van der Waals surface area contributed by atoms with Gasteiger partial charge in [-0.25, -0.2) is 14.6 Å². The zero-order valence-electron chi connectivity index (χ0n) is 24.3. The smallest absolute Gasteiger partial charge is 0.408 e. The number of benzene rings is 3. The molecule has 0 radical (unpaired) electrons. The summed E-state index contributed by atoms with van der Waals surface area (Å²) in [6.07, 6.45) is 2.59. The third-order valence-corrected chi connectivity index (χ3v) is 6.80. The molecule has 1 heterocycles. The molecule has 4 aromatic rings. The van der Waals surface area contributed by atoms with Gasteiger partial charge in [-0.15, -0.1) is 0 Å². The van der Waals surface area contributed by atoms with Crippen LogP contribution in [-0.4, -0.2) is 59.1 Å². The summed E-state index contributed by atoms with van der Waals surface area (Å²) in [6, 6.07) is 24.3. The Bertz CT molecular complexity index is 1480. The first-order valence-electron chi connectivity index (χ1n) is 14.1. The maximum absolute atomic E-state index is 13.7. The van der Waals surface area contributed by atoms with E-state index in [4.69, 9.17) is 9.47 Å². The lowest BCUT2D eigenvalue weighted by Gasteiger charge is -2.25. The average Bonchev–Trinajstić information content (AvgIpc) is 3.57. The normalized spacial score (nSPS) is 12.7. The molecule has 0 saturated carbocycles. The number of hydrogen-bond donors (Lipinski definition) is 4. The first kappa shape index (κ1) is 31.5. The van der Waals surface area contributed by atoms with E-state index < -0.39 is 42.0 Å². The Morgan fingerprint density at radius 3 is 1.70 bits per heavy atom. The molecule has 0 spiro atoms. The maximum Gasteiger partial charge on any atom is 0.408 e. The summed E-state index contributed by atoms with van der Waals surface area (Å²) in [5, 5.41) is 8.13. The highest BCUT2D eigenvalue weighted by Crippen LogP contribution is 2.09. The van der Waals surface area contributed by atoms with Crippen LogP contribution in [0.25, 0.3) is 0 Å². The number of carbonyl (C=O) groups is 4. The van der Waals surface area contributed by atoms with Gasteiger partial charge in [0, 0.05) is 31.2 Å². The van der Waals surface area contributed by atoms with Gasteiger partial charge in [-0.1, -0.05) is 91.0 Å². The van der Waals surface area contributed by atoms with Crippen molar-refractivity contribution < 1.29 is 28.7 Å². The van der Waals surface area contributed by atoms with Gasteiger partial charge in [-0.2, -0.15) is 0 Å². The number of hydrogen-bond acceptors (Lipinski definition) is 7. The Morgan fingerprint density at radius 2 is 1.18 bits per heavy atom. The molecule has 0 unspecified atom stereocenters. The van der Waals surface area contributed by atoms with Gasteiger partial charge < -0.3 is 30.4 Å². The van der Waals surface area contributed by atoms with Gasteiger partial charge in [-0.05, 0) is 16.7 Å². The van der Waals surface area contributed by atoms with Crippen LogP contribution in [0.3, 0.4) is 0 Å². The highest BCUT2D eigenvalue weighted by Gasteiger charge is 2.31. The number of esters is 1. The van der Waals surface area contributed by atoms with Crippen molar-refractivity contribution in [1.82, 2.24) is 25.9 Å². The van der Waals surface area contributed by atoms with Crippen molar-refractivity contribution in [1.29, 1.82) is 0 Å². The second-order valence-corrected chi connectivity index (χ2v) is 10.1. The van der Waals surface area contributed by atoms with Gasteiger partial charge >= 0.3 is 12.1 Å². The molecular formula is C33H35N5O6. The first-order chi connectivity index (χ1) is 21.4. The number of H-pyrrole nitrogens is 1. The summed E-state index contributed by atoms with van der Waals surface area (Å²) in [5.41, 5.74) is 2.98. The molecule has 0 aliphatic carbocycles. The molecule has 4 rings (SSSR count). The minimum Gasteiger partial charge on any atom is -0.467 e. The van der Waals surface area contributed by atoms with Gasteiger partial charge in [0.1, 0.15) is 24.7 Å². The lowest BCUT2D eigenvalue weighted by Crippen LogP contribution is -2.57. The zero-order chi connectivity index (χ0) is 31.1. The van der Waals surface area contributed by atoms with Gasteiger partial charge in [0.05, 0.1) is 13.4 Å². The van der Waals surface area contributed by atoms with E-state index in [1.54, 1.807) is 0 Å². The fourth-order valence-electron chi connectivity index (χ4n) is 4.52. The Balaban J connectivity index is 1.51. The number of amides is 3. The number of ether oxygens (including phenoxy) is 2. The SMILES string of the molecule is COC(=O)[C@@H](Cc1ccccc1)NC(=O)[C@H](Cc1ccccc1)NC(=O)[C@H](Cc1cnc[nH]1)NC(=O)OCc1ccccc1. The van der Waals surface area contributed by atoms with E-state index in [1.165, 1.54) is 19.6 Å². The topological polar surface area (TPSA) is 152 Å². The lowest BCUT2D eigenvalue weighted by atomic mass is 10.0. The summed E-state index contributed by atoms with van der Waals surface area (Å²) < 4.78 is 10.3. The molecule has 1 aromatic heterocycles. The van der Waals surface area contributed by atoms with Crippen LogP contribution >= 0.6 is 0 Å². The molecule has 228 valence electrons. The van der Waals surface area contributed by atoms with Crippen molar-refractivity contribution in [2.75, 3.05) is 7.11 Å². The number of imidazole rings is 1. The predicted molar refractivity (Wildman–Crippen MR) is 162 cm³/mol. The fourth-order valence-corrected chi connectivity index (χ4v) is 4.52. The Labute approximate surface area is 255 Å². The summed E-state index contributed by atoms with van der Waals surface area (Å²) in [6.45, 7) is 0.0143. The maximum atomic E-state index is 13.7. The van der Waals surface area contributed by atoms with Crippen molar-refractivity contribution >= 4 is 23.9 Å². The van der Waals surface area contributed by atoms with Crippen molar-refractivity contribution in [3.63, 3.8) is 0 Å². The molecule has 0 fully saturated rings. The number of alkyl carbamates (subject to hydrolysis) is 1. The highest BCUT2D eigenvalue weighted by atomic mass is 16.5. The third-order valence-electron chi connectivity index (χ3n) is 6.80. The van der Waals surface area contributed by atoms with Gasteiger partial charge in [-0.3, -0.25) is 9.59 Å². The van der Waals surface area contributed by atoms with Gasteiger partial charge in [0.15, 0.2) is 0 Å². The van der Waals surface area contributed by atoms with Crippen LogP contribution in [0.1, 0.15) is 22.4 Å². The van der Waals surface area contributed by atoms with E-state index in [9.17, 15) is 19.2 Å². The fraction of sp³-hybridized carbons (Fsp3) is 0.242. The second-order valence-electron chi connectivity index (χ2n) is 10.1. The van der Waals surface area contributed by atoms with Crippen molar-refractivity contribution in [3.05, 3.63) is 126 Å². The molecule has 11 nitrogen and oxygen atoms in total. The van der Waals surface area contributed by atoms with E-state index in [0.717, 1.165) is 16.7 Å². The minimum absolute atomic E-state index is 0.0143. The molecule has 3 aromatic carbocycles. The summed E-state index contributed by atoms with van der Waals surface area (Å²) in [5.74, 6) is -1.82. The molecule has 0 bridgehead atoms.